The van der Waals surface area contributed by atoms with E-state index in [1.807, 2.05) is 55.3 Å². The first-order chi connectivity index (χ1) is 16.0. The van der Waals surface area contributed by atoms with Gasteiger partial charge in [0.1, 0.15) is 12.4 Å². The molecule has 2 N–H and O–H groups in total. The van der Waals surface area contributed by atoms with Crippen LogP contribution in [0.1, 0.15) is 38.3 Å². The van der Waals surface area contributed by atoms with Gasteiger partial charge in [0.05, 0.1) is 23.9 Å². The number of fused-ring (bicyclic) bond motifs is 2. The number of hydrogen-bond donors (Lipinski definition) is 2. The van der Waals surface area contributed by atoms with Crippen molar-refractivity contribution in [2.75, 3.05) is 23.8 Å². The molecule has 1 saturated heterocycles. The molecule has 0 aliphatic carbocycles. The largest absolute Gasteiger partial charge is 0.381 e. The average Bonchev–Trinajstić information content (AvgIpc) is 3.50. The number of carbonyl (C=O) groups excluding carboxylic acids is 1. The highest BCUT2D eigenvalue weighted by Crippen LogP contribution is 2.39. The lowest BCUT2D eigenvalue weighted by molar-refractivity contribution is -0.119. The summed E-state index contributed by atoms with van der Waals surface area (Å²) >= 11 is 0. The van der Waals surface area contributed by atoms with Crippen LogP contribution >= 0.6 is 0 Å². The molecule has 1 amide bonds. The fraction of sp³-hybridized carbons (Fsp3) is 0.348. The number of ether oxygens (including phenoxy) is 1. The van der Waals surface area contributed by atoms with Gasteiger partial charge < -0.3 is 15.4 Å². The van der Waals surface area contributed by atoms with Crippen molar-refractivity contribution in [1.82, 2.24) is 14.4 Å². The van der Waals surface area contributed by atoms with E-state index in [0.717, 1.165) is 48.7 Å². The monoisotopic (exact) mass is 445 g/mol. The van der Waals surface area contributed by atoms with Crippen LogP contribution in [-0.2, 0) is 14.9 Å². The van der Waals surface area contributed by atoms with Gasteiger partial charge in [0.2, 0.25) is 11.6 Å². The Balaban J connectivity index is 1.30. The number of aliphatic imine (C=N–C) groups is 2. The molecule has 2 aromatic rings. The maximum atomic E-state index is 12.3. The van der Waals surface area contributed by atoms with E-state index in [1.165, 1.54) is 0 Å². The van der Waals surface area contributed by atoms with Gasteiger partial charge in [-0.1, -0.05) is 10.7 Å². The predicted octanol–water partition coefficient (Wildman–Crippen LogP) is 3.12. The van der Waals surface area contributed by atoms with Crippen LogP contribution in [0.2, 0.25) is 0 Å². The Morgan fingerprint density at radius 2 is 2.12 bits per heavy atom. The fourth-order valence-corrected chi connectivity index (χ4v) is 4.66. The van der Waals surface area contributed by atoms with Crippen molar-refractivity contribution in [2.24, 2.45) is 15.1 Å². The van der Waals surface area contributed by atoms with Gasteiger partial charge in [0, 0.05) is 24.6 Å². The number of rotatable bonds is 3. The van der Waals surface area contributed by atoms with E-state index in [-0.39, 0.29) is 10.5 Å². The Kier molecular flexibility index (Phi) is 4.36. The maximum Gasteiger partial charge on any atom is 0.287 e. The summed E-state index contributed by atoms with van der Waals surface area (Å²) in [6, 6.07) is 6.15. The Bertz CT molecular complexity index is 1260. The van der Waals surface area contributed by atoms with Crippen molar-refractivity contribution in [3.05, 3.63) is 48.6 Å². The van der Waals surface area contributed by atoms with E-state index in [9.17, 15) is 4.79 Å². The zero-order chi connectivity index (χ0) is 22.6. The van der Waals surface area contributed by atoms with Crippen LogP contribution in [0.3, 0.4) is 0 Å². The summed E-state index contributed by atoms with van der Waals surface area (Å²) in [4.78, 5) is 21.2. The summed E-state index contributed by atoms with van der Waals surface area (Å²) in [5, 5.41) is 15.8. The molecule has 0 saturated carbocycles. The van der Waals surface area contributed by atoms with E-state index in [0.29, 0.717) is 17.8 Å². The van der Waals surface area contributed by atoms with E-state index in [1.54, 1.807) is 12.4 Å². The lowest BCUT2D eigenvalue weighted by Crippen LogP contribution is -2.44. The SMILES string of the molecule is CC1(C)C(=O)Nc2cc(NC3=N[N+]4(c5cnn(C6CCOCC6)c5)C=CN=CC4=N3)ccc21. The molecular weight excluding hydrogens is 420 g/mol. The molecule has 0 spiro atoms. The van der Waals surface area contributed by atoms with Crippen LogP contribution in [0.25, 0.3) is 0 Å². The predicted molar refractivity (Wildman–Crippen MR) is 127 cm³/mol. The number of amidine groups is 1. The topological polar surface area (TPSA) is 105 Å². The van der Waals surface area contributed by atoms with E-state index in [2.05, 4.69) is 20.7 Å². The smallest absolute Gasteiger partial charge is 0.287 e. The zero-order valence-electron chi connectivity index (χ0n) is 18.5. The molecule has 1 aromatic heterocycles. The highest BCUT2D eigenvalue weighted by molar-refractivity contribution is 6.38. The number of anilines is 2. The standard InChI is InChI=1S/C23H24N8O2/c1-23(2)18-4-3-15(11-19(18)27-21(23)32)26-22-28-20-13-24-7-8-31(20,29-22)17-12-25-30(14-17)16-5-9-33-10-6-16/h3-4,7-8,11-14,16H,5-6,9-10H2,1-2H3,(H-,26,27,29,32)/p+1. The third kappa shape index (κ3) is 3.13. The summed E-state index contributed by atoms with van der Waals surface area (Å²) in [6.07, 6.45) is 11.1. The Hall–Kier alpha value is -3.63. The van der Waals surface area contributed by atoms with E-state index < -0.39 is 5.41 Å². The first-order valence-corrected chi connectivity index (χ1v) is 11.1. The number of carbonyl (C=O) groups is 1. The van der Waals surface area contributed by atoms with Crippen LogP contribution in [-0.4, -0.2) is 46.9 Å². The minimum atomic E-state index is -0.541. The van der Waals surface area contributed by atoms with Crippen LogP contribution < -0.4 is 15.2 Å². The molecule has 6 rings (SSSR count). The fourth-order valence-electron chi connectivity index (χ4n) is 4.66. The molecule has 1 aromatic carbocycles. The summed E-state index contributed by atoms with van der Waals surface area (Å²) in [7, 11) is 0. The molecule has 1 unspecified atom stereocenters. The first kappa shape index (κ1) is 20.0. The van der Waals surface area contributed by atoms with Crippen molar-refractivity contribution in [1.29, 1.82) is 0 Å². The second kappa shape index (κ2) is 7.19. The van der Waals surface area contributed by atoms with Crippen LogP contribution in [0.15, 0.2) is 58.1 Å². The molecule has 4 aliphatic heterocycles. The normalized spacial score (nSPS) is 25.3. The summed E-state index contributed by atoms with van der Waals surface area (Å²) in [6.45, 7) is 5.35. The Morgan fingerprint density at radius 3 is 2.97 bits per heavy atom. The minimum Gasteiger partial charge on any atom is -0.381 e. The zero-order valence-corrected chi connectivity index (χ0v) is 18.5. The average molecular weight is 446 g/mol. The summed E-state index contributed by atoms with van der Waals surface area (Å²) in [5.41, 5.74) is 2.94. The number of guanidine groups is 1. The number of hydrogen-bond acceptors (Lipinski definition) is 7. The van der Waals surface area contributed by atoms with Crippen LogP contribution in [0, 0.1) is 0 Å². The number of amides is 1. The highest BCUT2D eigenvalue weighted by atomic mass is 16.5. The molecule has 4 aliphatic rings. The molecule has 0 bridgehead atoms. The van der Waals surface area contributed by atoms with Crippen LogP contribution in [0.4, 0.5) is 17.1 Å². The van der Waals surface area contributed by atoms with Crippen molar-refractivity contribution < 1.29 is 9.53 Å². The van der Waals surface area contributed by atoms with Crippen molar-refractivity contribution in [3.8, 4) is 0 Å². The molecule has 33 heavy (non-hydrogen) atoms. The van der Waals surface area contributed by atoms with Crippen molar-refractivity contribution in [3.63, 3.8) is 0 Å². The Morgan fingerprint density at radius 1 is 1.27 bits per heavy atom. The lowest BCUT2D eigenvalue weighted by Gasteiger charge is -2.23. The molecule has 168 valence electrons. The third-order valence-electron chi connectivity index (χ3n) is 6.69. The molecule has 1 fully saturated rings. The molecule has 10 heteroatoms. The summed E-state index contributed by atoms with van der Waals surface area (Å²) < 4.78 is 7.56. The number of nitrogens with one attached hydrogen (secondary N) is 2. The van der Waals surface area contributed by atoms with Gasteiger partial charge in [0.15, 0.2) is 6.20 Å². The summed E-state index contributed by atoms with van der Waals surface area (Å²) in [5.74, 6) is 1.14. The molecule has 5 heterocycles. The second-order valence-corrected chi connectivity index (χ2v) is 9.14. The van der Waals surface area contributed by atoms with Gasteiger partial charge >= 0.3 is 0 Å². The quantitative estimate of drug-likeness (QED) is 0.708. The lowest BCUT2D eigenvalue weighted by atomic mass is 9.86. The van der Waals surface area contributed by atoms with Crippen LogP contribution in [0.5, 0.6) is 0 Å². The number of nitrogens with zero attached hydrogens (tertiary/aromatic N) is 6. The number of quaternary nitrogens is 1. The van der Waals surface area contributed by atoms with Gasteiger partial charge in [-0.3, -0.25) is 14.5 Å². The maximum absolute atomic E-state index is 12.3. The molecule has 0 radical (unpaired) electrons. The minimum absolute atomic E-state index is 0.00220. The molecular formula is C23H25N8O2+. The second-order valence-electron chi connectivity index (χ2n) is 9.14. The Labute approximate surface area is 190 Å². The first-order valence-electron chi connectivity index (χ1n) is 11.1. The third-order valence-corrected chi connectivity index (χ3v) is 6.69. The van der Waals surface area contributed by atoms with Gasteiger partial charge in [-0.2, -0.15) is 10.1 Å². The highest BCUT2D eigenvalue weighted by Gasteiger charge is 2.44. The van der Waals surface area contributed by atoms with Crippen molar-refractivity contribution >= 4 is 41.0 Å². The molecule has 1 atom stereocenters. The van der Waals surface area contributed by atoms with E-state index >= 15 is 0 Å². The van der Waals surface area contributed by atoms with Gasteiger partial charge in [-0.25, -0.2) is 0 Å². The number of benzene rings is 1. The molecule has 10 nitrogen and oxygen atoms in total. The van der Waals surface area contributed by atoms with Crippen molar-refractivity contribution in [2.45, 2.75) is 38.1 Å². The van der Waals surface area contributed by atoms with E-state index in [4.69, 9.17) is 14.8 Å². The van der Waals surface area contributed by atoms with Gasteiger partial charge in [-0.15, -0.1) is 0 Å². The van der Waals surface area contributed by atoms with Gasteiger partial charge in [-0.05, 0) is 49.5 Å². The van der Waals surface area contributed by atoms with Gasteiger partial charge in [0.25, 0.3) is 11.8 Å². The number of aromatic nitrogens is 2.